The van der Waals surface area contributed by atoms with Crippen LogP contribution in [0.15, 0.2) is 21.3 Å². The summed E-state index contributed by atoms with van der Waals surface area (Å²) in [5, 5.41) is 4.53. The van der Waals surface area contributed by atoms with E-state index in [1.807, 2.05) is 11.4 Å². The monoisotopic (exact) mass is 496 g/mol. The lowest BCUT2D eigenvalue weighted by atomic mass is 10.2. The van der Waals surface area contributed by atoms with E-state index >= 15 is 0 Å². The van der Waals surface area contributed by atoms with E-state index in [0.29, 0.717) is 31.9 Å². The molecule has 0 unspecified atom stereocenters. The van der Waals surface area contributed by atoms with Gasteiger partial charge in [0.1, 0.15) is 17.2 Å². The van der Waals surface area contributed by atoms with Gasteiger partial charge in [-0.2, -0.15) is 0 Å². The first-order valence-electron chi connectivity index (χ1n) is 9.02. The van der Waals surface area contributed by atoms with Gasteiger partial charge in [0.15, 0.2) is 0 Å². The topological polar surface area (TPSA) is 90.9 Å². The molecule has 29 heavy (non-hydrogen) atoms. The van der Waals surface area contributed by atoms with Crippen molar-refractivity contribution in [2.24, 2.45) is 0 Å². The van der Waals surface area contributed by atoms with E-state index < -0.39 is 0 Å². The Balaban J connectivity index is 1.33. The molecule has 0 radical (unpaired) electrons. The summed E-state index contributed by atoms with van der Waals surface area (Å²) >= 11 is 6.41. The number of carbonyl (C=O) groups excluding carboxylic acids is 4. The van der Waals surface area contributed by atoms with Gasteiger partial charge in [0.25, 0.3) is 5.91 Å². The lowest BCUT2D eigenvalue weighted by Crippen LogP contribution is -2.53. The van der Waals surface area contributed by atoms with Crippen LogP contribution in [0.25, 0.3) is 9.88 Å². The van der Waals surface area contributed by atoms with Crippen LogP contribution in [-0.2, 0) is 14.4 Å². The quantitative estimate of drug-likeness (QED) is 0.604. The Kier molecular flexibility index (Phi) is 5.79. The molecule has 0 saturated carbocycles. The summed E-state index contributed by atoms with van der Waals surface area (Å²) in [6.07, 6.45) is 0.346. The van der Waals surface area contributed by atoms with Crippen molar-refractivity contribution < 1.29 is 19.2 Å². The van der Waals surface area contributed by atoms with Crippen LogP contribution in [0.1, 0.15) is 23.3 Å². The van der Waals surface area contributed by atoms with E-state index in [-0.39, 0.29) is 43.0 Å². The molecular weight excluding hydrogens is 480 g/mol. The molecule has 0 bridgehead atoms. The number of amides is 4. The first kappa shape index (κ1) is 20.2. The zero-order valence-electron chi connectivity index (χ0n) is 15.3. The number of carbonyl (C=O) groups is 4. The number of likely N-dealkylation sites (tertiary alicyclic amines) is 1. The third kappa shape index (κ3) is 4.26. The lowest BCUT2D eigenvalue weighted by Gasteiger charge is -2.35. The Labute approximate surface area is 183 Å². The number of halogens is 1. The van der Waals surface area contributed by atoms with Gasteiger partial charge >= 0.3 is 0 Å². The molecule has 152 valence electrons. The van der Waals surface area contributed by atoms with Gasteiger partial charge in [-0.05, 0) is 22.0 Å². The molecule has 2 aliphatic heterocycles. The Morgan fingerprint density at radius 3 is 2.28 bits per heavy atom. The summed E-state index contributed by atoms with van der Waals surface area (Å²) in [4.78, 5) is 58.3. The molecule has 2 aromatic rings. The predicted molar refractivity (Wildman–Crippen MR) is 112 cm³/mol. The third-order valence-electron chi connectivity index (χ3n) is 4.87. The highest BCUT2D eigenvalue weighted by atomic mass is 79.9. The number of thiophene rings is 1. The van der Waals surface area contributed by atoms with Crippen molar-refractivity contribution >= 4 is 62.2 Å². The van der Waals surface area contributed by atoms with Crippen molar-refractivity contribution in [1.82, 2.24) is 19.7 Å². The summed E-state index contributed by atoms with van der Waals surface area (Å²) in [7, 11) is 0. The number of thiazole rings is 1. The lowest BCUT2D eigenvalue weighted by molar-refractivity contribution is -0.146. The smallest absolute Gasteiger partial charge is 0.273 e. The second-order valence-corrected chi connectivity index (χ2v) is 9.40. The minimum atomic E-state index is -0.297. The van der Waals surface area contributed by atoms with Gasteiger partial charge in [0.05, 0.1) is 4.88 Å². The fourth-order valence-corrected chi connectivity index (χ4v) is 5.57. The van der Waals surface area contributed by atoms with Crippen LogP contribution >= 0.6 is 38.6 Å². The molecule has 0 spiro atoms. The number of hydrogen-bond donors (Lipinski definition) is 0. The maximum Gasteiger partial charge on any atom is 0.273 e. The molecule has 2 saturated heterocycles. The van der Waals surface area contributed by atoms with Gasteiger partial charge in [-0.1, -0.05) is 0 Å². The summed E-state index contributed by atoms with van der Waals surface area (Å²) in [6, 6.07) is 1.97. The van der Waals surface area contributed by atoms with Crippen molar-refractivity contribution in [2.45, 2.75) is 12.8 Å². The van der Waals surface area contributed by atoms with Crippen molar-refractivity contribution in [3.63, 3.8) is 0 Å². The number of nitrogens with zero attached hydrogens (tertiary/aromatic N) is 4. The van der Waals surface area contributed by atoms with Crippen LogP contribution < -0.4 is 0 Å². The molecule has 0 aromatic carbocycles. The Morgan fingerprint density at radius 2 is 1.66 bits per heavy atom. The first-order chi connectivity index (χ1) is 13.9. The molecule has 0 N–H and O–H groups in total. The Morgan fingerprint density at radius 1 is 1.00 bits per heavy atom. The van der Waals surface area contributed by atoms with E-state index in [2.05, 4.69) is 20.9 Å². The van der Waals surface area contributed by atoms with E-state index in [1.165, 1.54) is 11.3 Å². The molecule has 2 aromatic heterocycles. The molecule has 0 aliphatic carbocycles. The van der Waals surface area contributed by atoms with E-state index in [4.69, 9.17) is 0 Å². The highest BCUT2D eigenvalue weighted by molar-refractivity contribution is 9.10. The van der Waals surface area contributed by atoms with Gasteiger partial charge in [-0.25, -0.2) is 4.98 Å². The van der Waals surface area contributed by atoms with Gasteiger partial charge in [0, 0.05) is 54.3 Å². The number of aromatic nitrogens is 1. The van der Waals surface area contributed by atoms with Gasteiger partial charge in [0.2, 0.25) is 17.7 Å². The van der Waals surface area contributed by atoms with E-state index in [1.54, 1.807) is 26.5 Å². The first-order valence-corrected chi connectivity index (χ1v) is 11.6. The molecule has 4 heterocycles. The Bertz CT molecular complexity index is 964. The van der Waals surface area contributed by atoms with Crippen molar-refractivity contribution in [3.8, 4) is 9.88 Å². The molecule has 2 aliphatic rings. The van der Waals surface area contributed by atoms with Crippen LogP contribution in [0.4, 0.5) is 0 Å². The zero-order valence-corrected chi connectivity index (χ0v) is 18.5. The standard InChI is InChI=1S/C18H17BrN4O4S2/c19-11-7-13(28-9-11)17-20-12(10-29-17)18(27)22-5-3-21(4-6-22)16(26)8-23-14(24)1-2-15(23)25/h7,9-10H,1-6,8H2. The summed E-state index contributed by atoms with van der Waals surface area (Å²) in [5.74, 6) is -1.01. The third-order valence-corrected chi connectivity index (χ3v) is 7.57. The van der Waals surface area contributed by atoms with Crippen LogP contribution in [0, 0.1) is 0 Å². The van der Waals surface area contributed by atoms with Crippen molar-refractivity contribution in [1.29, 1.82) is 0 Å². The van der Waals surface area contributed by atoms with E-state index in [9.17, 15) is 19.2 Å². The van der Waals surface area contributed by atoms with Crippen LogP contribution in [0.2, 0.25) is 0 Å². The fraction of sp³-hybridized carbons (Fsp3) is 0.389. The highest BCUT2D eigenvalue weighted by Crippen LogP contribution is 2.32. The summed E-state index contributed by atoms with van der Waals surface area (Å²) in [6.45, 7) is 1.32. The maximum absolute atomic E-state index is 12.8. The highest BCUT2D eigenvalue weighted by Gasteiger charge is 2.33. The number of imide groups is 1. The second kappa shape index (κ2) is 8.33. The fourth-order valence-electron chi connectivity index (χ4n) is 3.27. The summed E-state index contributed by atoms with van der Waals surface area (Å²) in [5.41, 5.74) is 0.405. The minimum absolute atomic E-state index is 0.153. The van der Waals surface area contributed by atoms with Gasteiger partial charge in [-0.15, -0.1) is 22.7 Å². The van der Waals surface area contributed by atoms with Crippen LogP contribution in [0.3, 0.4) is 0 Å². The average molecular weight is 497 g/mol. The van der Waals surface area contributed by atoms with E-state index in [0.717, 1.165) is 19.3 Å². The SMILES string of the molecule is O=C(CN1C(=O)CCC1=O)N1CCN(C(=O)c2csc(-c3cc(Br)cs3)n2)CC1. The number of rotatable bonds is 4. The molecular formula is C18H17BrN4O4S2. The number of hydrogen-bond acceptors (Lipinski definition) is 7. The van der Waals surface area contributed by atoms with Crippen molar-refractivity contribution in [3.05, 3.63) is 27.0 Å². The second-order valence-electron chi connectivity index (χ2n) is 6.71. The zero-order chi connectivity index (χ0) is 20.5. The molecule has 4 amide bonds. The molecule has 8 nitrogen and oxygen atoms in total. The maximum atomic E-state index is 12.8. The summed E-state index contributed by atoms with van der Waals surface area (Å²) < 4.78 is 0.985. The minimum Gasteiger partial charge on any atom is -0.338 e. The molecule has 0 atom stereocenters. The average Bonchev–Trinajstić information content (AvgIpc) is 3.44. The number of piperazine rings is 1. The largest absolute Gasteiger partial charge is 0.338 e. The van der Waals surface area contributed by atoms with Crippen LogP contribution in [-0.4, -0.2) is 76.0 Å². The van der Waals surface area contributed by atoms with Crippen molar-refractivity contribution in [2.75, 3.05) is 32.7 Å². The molecule has 4 rings (SSSR count). The van der Waals surface area contributed by atoms with Crippen LogP contribution in [0.5, 0.6) is 0 Å². The predicted octanol–water partition coefficient (Wildman–Crippen LogP) is 2.07. The Hall–Kier alpha value is -2.11. The molecule has 2 fully saturated rings. The molecule has 11 heteroatoms. The van der Waals surface area contributed by atoms with Gasteiger partial charge in [-0.3, -0.25) is 24.1 Å². The normalized spacial score (nSPS) is 17.3. The van der Waals surface area contributed by atoms with Gasteiger partial charge < -0.3 is 9.80 Å².